The Balaban J connectivity index is 1.18. The van der Waals surface area contributed by atoms with Crippen molar-refractivity contribution in [1.82, 2.24) is 30.0 Å². The SMILES string of the molecule is CC1=C(N(C)CCC2(C=O)CCC(N(C)Cc3ccc4c(c3C)Cn3nnnc3-4)CC2)COC1=O. The van der Waals surface area contributed by atoms with Gasteiger partial charge in [-0.15, -0.1) is 5.10 Å². The number of aromatic nitrogens is 4. The Bertz CT molecular complexity index is 1180. The van der Waals surface area contributed by atoms with E-state index < -0.39 is 0 Å². The smallest absolute Gasteiger partial charge is 0.335 e. The molecule has 2 aliphatic heterocycles. The van der Waals surface area contributed by atoms with E-state index in [9.17, 15) is 9.59 Å². The van der Waals surface area contributed by atoms with E-state index in [-0.39, 0.29) is 11.4 Å². The van der Waals surface area contributed by atoms with Crippen LogP contribution in [0, 0.1) is 12.3 Å². The average molecular weight is 479 g/mol. The molecule has 1 saturated carbocycles. The Morgan fingerprint density at radius 3 is 2.69 bits per heavy atom. The van der Waals surface area contributed by atoms with Crippen LogP contribution in [0.5, 0.6) is 0 Å². The van der Waals surface area contributed by atoms with Crippen molar-refractivity contribution < 1.29 is 14.3 Å². The van der Waals surface area contributed by atoms with Crippen LogP contribution in [0.4, 0.5) is 0 Å². The van der Waals surface area contributed by atoms with E-state index in [1.165, 1.54) is 23.0 Å². The number of hydrogen-bond acceptors (Lipinski definition) is 8. The van der Waals surface area contributed by atoms with E-state index in [4.69, 9.17) is 4.74 Å². The standard InChI is InChI=1S/C26H34N6O3/c1-17-19(5-6-21-22(17)14-32-24(21)27-28-29-32)13-31(4)20-7-9-26(16-33,10-8-20)11-12-30(3)23-15-35-25(34)18(23)2/h5-6,16,20H,7-15H2,1-4H3. The summed E-state index contributed by atoms with van der Waals surface area (Å²) < 4.78 is 7.00. The Morgan fingerprint density at radius 1 is 1.23 bits per heavy atom. The van der Waals surface area contributed by atoms with E-state index in [0.717, 1.165) is 68.8 Å². The molecule has 9 heteroatoms. The van der Waals surface area contributed by atoms with Crippen LogP contribution in [0.3, 0.4) is 0 Å². The summed E-state index contributed by atoms with van der Waals surface area (Å²) in [5.41, 5.74) is 6.39. The van der Waals surface area contributed by atoms with E-state index in [1.54, 1.807) is 0 Å². The minimum Gasteiger partial charge on any atom is -0.456 e. The first kappa shape index (κ1) is 23.7. The van der Waals surface area contributed by atoms with Crippen LogP contribution in [0.2, 0.25) is 0 Å². The number of carbonyl (C=O) groups is 2. The van der Waals surface area contributed by atoms with Gasteiger partial charge in [-0.1, -0.05) is 12.1 Å². The molecule has 1 aromatic heterocycles. The largest absolute Gasteiger partial charge is 0.456 e. The summed E-state index contributed by atoms with van der Waals surface area (Å²) in [7, 11) is 4.18. The minimum atomic E-state index is -0.283. The summed E-state index contributed by atoms with van der Waals surface area (Å²) in [4.78, 5) is 28.4. The fourth-order valence-corrected chi connectivity index (χ4v) is 5.88. The van der Waals surface area contributed by atoms with Crippen LogP contribution >= 0.6 is 0 Å². The van der Waals surface area contributed by atoms with Crippen LogP contribution < -0.4 is 0 Å². The predicted molar refractivity (Wildman–Crippen MR) is 130 cm³/mol. The fourth-order valence-electron chi connectivity index (χ4n) is 5.88. The zero-order valence-electron chi connectivity index (χ0n) is 21.1. The molecule has 3 heterocycles. The van der Waals surface area contributed by atoms with E-state index in [2.05, 4.69) is 51.4 Å². The number of hydrogen-bond donors (Lipinski definition) is 0. The van der Waals surface area contributed by atoms with Gasteiger partial charge in [0, 0.05) is 37.2 Å². The van der Waals surface area contributed by atoms with Crippen molar-refractivity contribution in [3.8, 4) is 11.4 Å². The molecule has 35 heavy (non-hydrogen) atoms. The lowest BCUT2D eigenvalue weighted by atomic mass is 9.71. The second-order valence-electron chi connectivity index (χ2n) is 10.5. The van der Waals surface area contributed by atoms with E-state index in [1.807, 2.05) is 18.7 Å². The molecule has 0 saturated heterocycles. The molecule has 0 unspecified atom stereocenters. The number of carbonyl (C=O) groups excluding carboxylic acids is 2. The summed E-state index contributed by atoms with van der Waals surface area (Å²) in [6, 6.07) is 4.81. The summed E-state index contributed by atoms with van der Waals surface area (Å²) in [5.74, 6) is 0.614. The van der Waals surface area contributed by atoms with Crippen LogP contribution in [-0.2, 0) is 27.4 Å². The van der Waals surface area contributed by atoms with Gasteiger partial charge in [0.05, 0.1) is 17.8 Å². The van der Waals surface area contributed by atoms with Crippen molar-refractivity contribution in [2.75, 3.05) is 27.2 Å². The maximum atomic E-state index is 12.2. The van der Waals surface area contributed by atoms with Gasteiger partial charge in [-0.05, 0) is 80.1 Å². The topological polar surface area (TPSA) is 93.5 Å². The van der Waals surface area contributed by atoms with Gasteiger partial charge in [-0.3, -0.25) is 4.90 Å². The van der Waals surface area contributed by atoms with Gasteiger partial charge in [0.15, 0.2) is 5.82 Å². The number of benzene rings is 1. The lowest BCUT2D eigenvalue weighted by Gasteiger charge is -2.40. The van der Waals surface area contributed by atoms with Gasteiger partial charge in [0.1, 0.15) is 12.9 Å². The molecule has 0 bridgehead atoms. The Morgan fingerprint density at radius 2 is 2.00 bits per heavy atom. The number of tetrazole rings is 1. The van der Waals surface area contributed by atoms with Gasteiger partial charge >= 0.3 is 5.97 Å². The van der Waals surface area contributed by atoms with Crippen LogP contribution in [0.1, 0.15) is 55.7 Å². The molecule has 0 amide bonds. The summed E-state index contributed by atoms with van der Waals surface area (Å²) >= 11 is 0. The number of cyclic esters (lactones) is 1. The van der Waals surface area contributed by atoms with Crippen molar-refractivity contribution in [3.63, 3.8) is 0 Å². The first-order valence-corrected chi connectivity index (χ1v) is 12.4. The van der Waals surface area contributed by atoms with Crippen LogP contribution in [-0.4, -0.2) is 75.6 Å². The molecule has 0 radical (unpaired) electrons. The molecule has 1 aliphatic carbocycles. The lowest BCUT2D eigenvalue weighted by Crippen LogP contribution is -2.40. The van der Waals surface area contributed by atoms with Crippen molar-refractivity contribution >= 4 is 12.3 Å². The van der Waals surface area contributed by atoms with Crippen LogP contribution in [0.25, 0.3) is 11.4 Å². The molecule has 3 aliphatic rings. The minimum absolute atomic E-state index is 0.237. The van der Waals surface area contributed by atoms with Crippen molar-refractivity contribution in [1.29, 1.82) is 0 Å². The zero-order valence-corrected chi connectivity index (χ0v) is 21.1. The summed E-state index contributed by atoms with van der Waals surface area (Å²) in [6.45, 7) is 6.70. The van der Waals surface area contributed by atoms with Crippen molar-refractivity contribution in [2.45, 2.75) is 65.1 Å². The van der Waals surface area contributed by atoms with Crippen molar-refractivity contribution in [3.05, 3.63) is 40.1 Å². The summed E-state index contributed by atoms with van der Waals surface area (Å²) in [5, 5.41) is 12.0. The molecule has 1 aromatic carbocycles. The third-order valence-corrected chi connectivity index (χ3v) is 8.52. The number of nitrogens with zero attached hydrogens (tertiary/aromatic N) is 6. The van der Waals surface area contributed by atoms with Gasteiger partial charge in [0.2, 0.25) is 0 Å². The van der Waals surface area contributed by atoms with Crippen molar-refractivity contribution in [2.24, 2.45) is 5.41 Å². The second kappa shape index (κ2) is 9.18. The molecule has 0 N–H and O–H groups in total. The van der Waals surface area contributed by atoms with Gasteiger partial charge in [-0.2, -0.15) is 0 Å². The molecule has 0 spiro atoms. The molecule has 1 fully saturated rings. The van der Waals surface area contributed by atoms with Gasteiger partial charge < -0.3 is 14.4 Å². The molecule has 0 atom stereocenters. The highest BCUT2D eigenvalue weighted by Crippen LogP contribution is 2.40. The highest BCUT2D eigenvalue weighted by atomic mass is 16.5. The molecule has 5 rings (SSSR count). The third-order valence-electron chi connectivity index (χ3n) is 8.52. The number of aldehydes is 1. The number of ether oxygens (including phenoxy) is 1. The number of rotatable bonds is 8. The number of likely N-dealkylation sites (N-methyl/N-ethyl adjacent to an activating group) is 1. The monoisotopic (exact) mass is 478 g/mol. The first-order valence-electron chi connectivity index (χ1n) is 12.4. The Hall–Kier alpha value is -3.07. The van der Waals surface area contributed by atoms with E-state index >= 15 is 0 Å². The van der Waals surface area contributed by atoms with Crippen LogP contribution in [0.15, 0.2) is 23.4 Å². The maximum absolute atomic E-state index is 12.2. The van der Waals surface area contributed by atoms with Gasteiger partial charge in [0.25, 0.3) is 0 Å². The normalized spacial score (nSPS) is 23.5. The lowest BCUT2D eigenvalue weighted by molar-refractivity contribution is -0.136. The highest BCUT2D eigenvalue weighted by molar-refractivity contribution is 5.90. The molecule has 2 aromatic rings. The predicted octanol–water partition coefficient (Wildman–Crippen LogP) is 2.72. The number of fused-ring (bicyclic) bond motifs is 3. The Kier molecular flexibility index (Phi) is 6.21. The van der Waals surface area contributed by atoms with Gasteiger partial charge in [-0.25, -0.2) is 9.48 Å². The van der Waals surface area contributed by atoms with E-state index in [0.29, 0.717) is 18.2 Å². The zero-order chi connectivity index (χ0) is 24.7. The fraction of sp³-hybridized carbons (Fsp3) is 0.577. The average Bonchev–Trinajstić information content (AvgIpc) is 3.55. The second-order valence-corrected chi connectivity index (χ2v) is 10.5. The number of esters is 1. The molecular weight excluding hydrogens is 444 g/mol. The maximum Gasteiger partial charge on any atom is 0.335 e. The molecule has 186 valence electrons. The first-order chi connectivity index (χ1) is 16.8. The molecule has 9 nitrogen and oxygen atoms in total. The highest BCUT2D eigenvalue weighted by Gasteiger charge is 2.37. The summed E-state index contributed by atoms with van der Waals surface area (Å²) in [6.07, 6.45) is 5.81. The quantitative estimate of drug-likeness (QED) is 0.360. The molecular formula is C26H34N6O3. The Labute approximate surface area is 206 Å². The third kappa shape index (κ3) is 4.26.